The van der Waals surface area contributed by atoms with Crippen LogP contribution in [0.5, 0.6) is 0 Å². The highest BCUT2D eigenvalue weighted by Gasteiger charge is 2.29. The van der Waals surface area contributed by atoms with E-state index >= 15 is 0 Å². The molecule has 2 rings (SSSR count). The molecule has 1 unspecified atom stereocenters. The smallest absolute Gasteiger partial charge is 0.335 e. The quantitative estimate of drug-likeness (QED) is 0.833. The van der Waals surface area contributed by atoms with Crippen LogP contribution < -0.4 is 5.32 Å². The van der Waals surface area contributed by atoms with Gasteiger partial charge in [0, 0.05) is 19.3 Å². The summed E-state index contributed by atoms with van der Waals surface area (Å²) in [4.78, 5) is 14.9. The Morgan fingerprint density at radius 2 is 2.53 bits per heavy atom. The van der Waals surface area contributed by atoms with Gasteiger partial charge in [-0.05, 0) is 31.9 Å². The average molecular weight is 236 g/mol. The number of aromatic nitrogens is 1. The SMILES string of the molecule is CC1(CNc2cc(C(=O)O)ccn2)CCCO1. The van der Waals surface area contributed by atoms with Crippen LogP contribution in [0.15, 0.2) is 18.3 Å². The molecular weight excluding hydrogens is 220 g/mol. The van der Waals surface area contributed by atoms with Gasteiger partial charge in [-0.3, -0.25) is 0 Å². The fourth-order valence-electron chi connectivity index (χ4n) is 1.91. The monoisotopic (exact) mass is 236 g/mol. The summed E-state index contributed by atoms with van der Waals surface area (Å²) in [5, 5.41) is 12.0. The Balaban J connectivity index is 1.99. The number of carboxylic acid groups (broad SMARTS) is 1. The summed E-state index contributed by atoms with van der Waals surface area (Å²) in [5.74, 6) is -0.375. The molecular formula is C12H16N2O3. The van der Waals surface area contributed by atoms with E-state index in [1.807, 2.05) is 6.92 Å². The molecule has 1 aromatic rings. The lowest BCUT2D eigenvalue weighted by molar-refractivity contribution is 0.0315. The van der Waals surface area contributed by atoms with Gasteiger partial charge in [0.2, 0.25) is 0 Å². The van der Waals surface area contributed by atoms with Gasteiger partial charge in [-0.1, -0.05) is 0 Å². The number of anilines is 1. The maximum atomic E-state index is 10.8. The standard InChI is InChI=1S/C12H16N2O3/c1-12(4-2-6-17-12)8-14-10-7-9(11(15)16)3-5-13-10/h3,5,7H,2,4,6,8H2,1H3,(H,13,14)(H,15,16). The van der Waals surface area contributed by atoms with Crippen molar-refractivity contribution in [2.75, 3.05) is 18.5 Å². The van der Waals surface area contributed by atoms with E-state index in [1.54, 1.807) is 0 Å². The van der Waals surface area contributed by atoms with Crippen molar-refractivity contribution in [3.05, 3.63) is 23.9 Å². The van der Waals surface area contributed by atoms with Gasteiger partial charge < -0.3 is 15.2 Å². The summed E-state index contributed by atoms with van der Waals surface area (Å²) >= 11 is 0. The zero-order chi connectivity index (χ0) is 12.3. The Morgan fingerprint density at radius 3 is 3.18 bits per heavy atom. The highest BCUT2D eigenvalue weighted by Crippen LogP contribution is 2.25. The number of rotatable bonds is 4. The lowest BCUT2D eigenvalue weighted by Gasteiger charge is -2.23. The number of aromatic carboxylic acids is 1. The van der Waals surface area contributed by atoms with Crippen molar-refractivity contribution in [3.8, 4) is 0 Å². The molecule has 0 radical (unpaired) electrons. The molecule has 0 amide bonds. The Bertz CT molecular complexity index is 414. The molecule has 1 aromatic heterocycles. The highest BCUT2D eigenvalue weighted by atomic mass is 16.5. The summed E-state index contributed by atoms with van der Waals surface area (Å²) in [6.07, 6.45) is 3.57. The van der Waals surface area contributed by atoms with E-state index in [0.717, 1.165) is 19.4 Å². The van der Waals surface area contributed by atoms with Crippen molar-refractivity contribution in [1.82, 2.24) is 4.98 Å². The van der Waals surface area contributed by atoms with Crippen LogP contribution in [-0.2, 0) is 4.74 Å². The first-order valence-electron chi connectivity index (χ1n) is 5.66. The maximum Gasteiger partial charge on any atom is 0.335 e. The van der Waals surface area contributed by atoms with Crippen LogP contribution in [0.3, 0.4) is 0 Å². The van der Waals surface area contributed by atoms with Gasteiger partial charge in [-0.2, -0.15) is 0 Å². The van der Waals surface area contributed by atoms with E-state index in [4.69, 9.17) is 9.84 Å². The zero-order valence-electron chi connectivity index (χ0n) is 9.77. The third-order valence-corrected chi connectivity index (χ3v) is 2.95. The number of pyridine rings is 1. The topological polar surface area (TPSA) is 71.5 Å². The van der Waals surface area contributed by atoms with Gasteiger partial charge in [-0.25, -0.2) is 9.78 Å². The van der Waals surface area contributed by atoms with Crippen LogP contribution in [0.1, 0.15) is 30.1 Å². The van der Waals surface area contributed by atoms with E-state index < -0.39 is 5.97 Å². The second kappa shape index (κ2) is 4.71. The van der Waals surface area contributed by atoms with Crippen LogP contribution in [0.2, 0.25) is 0 Å². The first-order chi connectivity index (χ1) is 8.09. The van der Waals surface area contributed by atoms with Crippen molar-refractivity contribution < 1.29 is 14.6 Å². The van der Waals surface area contributed by atoms with Crippen LogP contribution in [0, 0.1) is 0 Å². The van der Waals surface area contributed by atoms with E-state index in [-0.39, 0.29) is 11.2 Å². The van der Waals surface area contributed by atoms with E-state index in [2.05, 4.69) is 10.3 Å². The molecule has 1 fully saturated rings. The molecule has 1 atom stereocenters. The van der Waals surface area contributed by atoms with Crippen molar-refractivity contribution in [3.63, 3.8) is 0 Å². The number of carbonyl (C=O) groups is 1. The number of hydrogen-bond acceptors (Lipinski definition) is 4. The lowest BCUT2D eigenvalue weighted by atomic mass is 10.0. The molecule has 2 heterocycles. The van der Waals surface area contributed by atoms with Crippen molar-refractivity contribution in [2.45, 2.75) is 25.4 Å². The Labute approximate surface area is 99.8 Å². The number of nitrogens with one attached hydrogen (secondary N) is 1. The summed E-state index contributed by atoms with van der Waals surface area (Å²) in [5.41, 5.74) is 0.0703. The van der Waals surface area contributed by atoms with E-state index in [1.165, 1.54) is 18.3 Å². The minimum absolute atomic E-state index is 0.166. The Kier molecular flexibility index (Phi) is 3.28. The predicted molar refractivity (Wildman–Crippen MR) is 63.3 cm³/mol. The molecule has 1 aliphatic rings. The molecule has 0 bridgehead atoms. The second-order valence-electron chi connectivity index (χ2n) is 4.49. The highest BCUT2D eigenvalue weighted by molar-refractivity contribution is 5.88. The number of hydrogen-bond donors (Lipinski definition) is 2. The summed E-state index contributed by atoms with van der Waals surface area (Å²) in [7, 11) is 0. The lowest BCUT2D eigenvalue weighted by Crippen LogP contribution is -2.32. The summed E-state index contributed by atoms with van der Waals surface area (Å²) in [6.45, 7) is 3.48. The van der Waals surface area contributed by atoms with Crippen LogP contribution in [0.25, 0.3) is 0 Å². The Morgan fingerprint density at radius 1 is 1.71 bits per heavy atom. The fraction of sp³-hybridized carbons (Fsp3) is 0.500. The molecule has 92 valence electrons. The number of ether oxygens (including phenoxy) is 1. The van der Waals surface area contributed by atoms with E-state index in [9.17, 15) is 4.79 Å². The molecule has 0 saturated carbocycles. The first kappa shape index (κ1) is 11.9. The minimum Gasteiger partial charge on any atom is -0.478 e. The molecule has 0 aromatic carbocycles. The number of nitrogens with zero attached hydrogens (tertiary/aromatic N) is 1. The van der Waals surface area contributed by atoms with Gasteiger partial charge in [0.25, 0.3) is 0 Å². The van der Waals surface area contributed by atoms with Gasteiger partial charge in [0.05, 0.1) is 11.2 Å². The molecule has 1 saturated heterocycles. The van der Waals surface area contributed by atoms with Gasteiger partial charge in [-0.15, -0.1) is 0 Å². The summed E-state index contributed by atoms with van der Waals surface area (Å²) in [6, 6.07) is 3.00. The average Bonchev–Trinajstić information content (AvgIpc) is 2.75. The molecule has 17 heavy (non-hydrogen) atoms. The third-order valence-electron chi connectivity index (χ3n) is 2.95. The van der Waals surface area contributed by atoms with Gasteiger partial charge in [0.15, 0.2) is 0 Å². The zero-order valence-corrected chi connectivity index (χ0v) is 9.77. The second-order valence-corrected chi connectivity index (χ2v) is 4.49. The van der Waals surface area contributed by atoms with Crippen molar-refractivity contribution in [1.29, 1.82) is 0 Å². The predicted octanol–water partition coefficient (Wildman–Crippen LogP) is 1.76. The van der Waals surface area contributed by atoms with Crippen LogP contribution in [0.4, 0.5) is 5.82 Å². The van der Waals surface area contributed by atoms with Crippen molar-refractivity contribution in [2.24, 2.45) is 0 Å². The third kappa shape index (κ3) is 2.94. The fourth-order valence-corrected chi connectivity index (χ4v) is 1.91. The van der Waals surface area contributed by atoms with Gasteiger partial charge >= 0.3 is 5.97 Å². The normalized spacial score (nSPS) is 23.6. The molecule has 5 heteroatoms. The molecule has 5 nitrogen and oxygen atoms in total. The molecule has 0 spiro atoms. The van der Waals surface area contributed by atoms with Crippen LogP contribution >= 0.6 is 0 Å². The van der Waals surface area contributed by atoms with Crippen molar-refractivity contribution >= 4 is 11.8 Å². The molecule has 1 aliphatic heterocycles. The summed E-state index contributed by atoms with van der Waals surface area (Å²) < 4.78 is 5.63. The number of carboxylic acids is 1. The molecule has 2 N–H and O–H groups in total. The molecule has 0 aliphatic carbocycles. The van der Waals surface area contributed by atoms with Crippen LogP contribution in [-0.4, -0.2) is 34.8 Å². The largest absolute Gasteiger partial charge is 0.478 e. The minimum atomic E-state index is -0.946. The Hall–Kier alpha value is -1.62. The first-order valence-corrected chi connectivity index (χ1v) is 5.66. The van der Waals surface area contributed by atoms with E-state index in [0.29, 0.717) is 12.4 Å². The van der Waals surface area contributed by atoms with Gasteiger partial charge in [0.1, 0.15) is 5.82 Å². The maximum absolute atomic E-state index is 10.8.